The summed E-state index contributed by atoms with van der Waals surface area (Å²) in [6.45, 7) is 4.43. The summed E-state index contributed by atoms with van der Waals surface area (Å²) in [6.07, 6.45) is 32.9. The van der Waals surface area contributed by atoms with E-state index in [1.807, 2.05) is 24.3 Å². The van der Waals surface area contributed by atoms with Crippen LogP contribution in [0.5, 0.6) is 0 Å². The molecule has 0 fully saturated rings. The average Bonchev–Trinajstić information content (AvgIpc) is 3.14. The zero-order chi connectivity index (χ0) is 40.1. The van der Waals surface area contributed by atoms with Crippen LogP contribution in [0.15, 0.2) is 48.6 Å². The molecule has 0 aromatic heterocycles. The summed E-state index contributed by atoms with van der Waals surface area (Å²) in [5.41, 5.74) is 0. The lowest BCUT2D eigenvalue weighted by Crippen LogP contribution is -2.29. The van der Waals surface area contributed by atoms with Gasteiger partial charge in [-0.3, -0.25) is 18.6 Å². The first-order valence-electron chi connectivity index (χ1n) is 20.5. The van der Waals surface area contributed by atoms with E-state index < -0.39 is 51.8 Å². The molecule has 1 unspecified atom stereocenters. The van der Waals surface area contributed by atoms with Gasteiger partial charge in [-0.05, 0) is 50.9 Å². The molecule has 4 N–H and O–H groups in total. The highest BCUT2D eigenvalue weighted by Gasteiger charge is 2.27. The van der Waals surface area contributed by atoms with Crippen molar-refractivity contribution in [2.45, 2.75) is 174 Å². The monoisotopic (exact) mass is 787 g/mol. The van der Waals surface area contributed by atoms with Gasteiger partial charge in [0.05, 0.1) is 25.9 Å². The van der Waals surface area contributed by atoms with Gasteiger partial charge in [0, 0.05) is 12.8 Å². The first-order chi connectivity index (χ1) is 26.0. The van der Waals surface area contributed by atoms with Crippen molar-refractivity contribution in [3.8, 4) is 0 Å². The second-order valence-electron chi connectivity index (χ2n) is 14.3. The Hall–Kier alpha value is -2.11. The lowest BCUT2D eigenvalue weighted by atomic mass is 10.0. The molecule has 0 aliphatic carbocycles. The van der Waals surface area contributed by atoms with E-state index in [0.717, 1.165) is 63.7 Å². The minimum Gasteiger partial charge on any atom is -0.462 e. The number of esters is 2. The standard InChI is InChI=1S/C42H75O11P/c1-4-5-29-38(44)30-25-21-17-13-8-6-7-9-15-19-23-27-32-42(47)53-40(36-52-54(48,49)51-34-39(45)33-43)35-50-41(46)31-26-22-18-14-11-10-12-16-20-24-28-37(2)3/h6-7,13,15,17,19,25,30,37-40,43-45H,4-5,8-12,14,16,18,20-24,26-29,31-36H2,1-3H3,(H,48,49)/b7-6-,17-13-,19-15-,30-25-/t38-,39+,40-/m1/s1. The normalized spacial score (nSPS) is 15.1. The lowest BCUT2D eigenvalue weighted by Gasteiger charge is -2.20. The molecule has 0 saturated carbocycles. The van der Waals surface area contributed by atoms with E-state index in [-0.39, 0.29) is 25.6 Å². The number of phosphoric acid groups is 1. The van der Waals surface area contributed by atoms with Crippen LogP contribution >= 0.6 is 7.82 Å². The molecule has 12 heteroatoms. The first kappa shape index (κ1) is 51.9. The number of ether oxygens (including phenoxy) is 2. The Morgan fingerprint density at radius 3 is 1.78 bits per heavy atom. The quantitative estimate of drug-likeness (QED) is 0.0205. The summed E-state index contributed by atoms with van der Waals surface area (Å²) in [5.74, 6) is -0.233. The molecular weight excluding hydrogens is 711 g/mol. The summed E-state index contributed by atoms with van der Waals surface area (Å²) in [7, 11) is -4.64. The largest absolute Gasteiger partial charge is 0.472 e. The molecule has 0 aliphatic rings. The van der Waals surface area contributed by atoms with Crippen LogP contribution in [0.3, 0.4) is 0 Å². The molecule has 0 radical (unpaired) electrons. The van der Waals surface area contributed by atoms with Gasteiger partial charge >= 0.3 is 19.8 Å². The molecule has 314 valence electrons. The summed E-state index contributed by atoms with van der Waals surface area (Å²) in [4.78, 5) is 34.9. The highest BCUT2D eigenvalue weighted by molar-refractivity contribution is 7.47. The highest BCUT2D eigenvalue weighted by atomic mass is 31.2. The molecule has 11 nitrogen and oxygen atoms in total. The van der Waals surface area contributed by atoms with Gasteiger partial charge in [-0.15, -0.1) is 0 Å². The van der Waals surface area contributed by atoms with Crippen molar-refractivity contribution in [1.29, 1.82) is 0 Å². The fourth-order valence-corrected chi connectivity index (χ4v) is 6.04. The fourth-order valence-electron chi connectivity index (χ4n) is 5.25. The Balaban J connectivity index is 4.47. The minimum atomic E-state index is -4.64. The Morgan fingerprint density at radius 2 is 1.19 bits per heavy atom. The number of hydrogen-bond acceptors (Lipinski definition) is 10. The van der Waals surface area contributed by atoms with Crippen molar-refractivity contribution in [1.82, 2.24) is 0 Å². The van der Waals surface area contributed by atoms with Crippen LogP contribution in [0.4, 0.5) is 0 Å². The molecular formula is C42H75O11P. The summed E-state index contributed by atoms with van der Waals surface area (Å²) in [6, 6.07) is 0. The fraction of sp³-hybridized carbons (Fsp3) is 0.762. The Labute approximate surface area is 326 Å². The van der Waals surface area contributed by atoms with Crippen LogP contribution in [0, 0.1) is 5.92 Å². The number of carbonyl (C=O) groups excluding carboxylic acids is 2. The Bertz CT molecular complexity index is 1070. The highest BCUT2D eigenvalue weighted by Crippen LogP contribution is 2.43. The lowest BCUT2D eigenvalue weighted by molar-refractivity contribution is -0.161. The smallest absolute Gasteiger partial charge is 0.462 e. The zero-order valence-corrected chi connectivity index (χ0v) is 34.6. The molecule has 0 saturated heterocycles. The second-order valence-corrected chi connectivity index (χ2v) is 15.8. The van der Waals surface area contributed by atoms with Gasteiger partial charge in [0.25, 0.3) is 0 Å². The number of aliphatic hydroxyl groups excluding tert-OH is 3. The third kappa shape index (κ3) is 36.8. The van der Waals surface area contributed by atoms with Crippen LogP contribution in [-0.2, 0) is 32.7 Å². The molecule has 0 spiro atoms. The molecule has 0 heterocycles. The SMILES string of the molecule is CCCC[C@@H](O)/C=C\C/C=C\C/C=C\C/C=C\CCCC(=O)O[C@H](COC(=O)CCCCCCCCCCCCC(C)C)COP(=O)(O)OC[C@@H](O)CO. The second kappa shape index (κ2) is 36.5. The number of allylic oxidation sites excluding steroid dienone is 7. The molecule has 0 amide bonds. The van der Waals surface area contributed by atoms with E-state index >= 15 is 0 Å². The van der Waals surface area contributed by atoms with Gasteiger partial charge in [0.1, 0.15) is 12.7 Å². The number of phosphoric ester groups is 1. The molecule has 0 aromatic rings. The van der Waals surface area contributed by atoms with Crippen molar-refractivity contribution in [2.24, 2.45) is 5.92 Å². The van der Waals surface area contributed by atoms with E-state index in [2.05, 4.69) is 49.6 Å². The number of carbonyl (C=O) groups is 2. The predicted octanol–water partition coefficient (Wildman–Crippen LogP) is 9.38. The van der Waals surface area contributed by atoms with Gasteiger partial charge in [0.15, 0.2) is 6.10 Å². The molecule has 0 rings (SSSR count). The van der Waals surface area contributed by atoms with E-state index in [0.29, 0.717) is 19.3 Å². The number of rotatable bonds is 37. The van der Waals surface area contributed by atoms with Crippen LogP contribution in [0.1, 0.15) is 156 Å². The topological polar surface area (TPSA) is 169 Å². The Morgan fingerprint density at radius 1 is 0.648 bits per heavy atom. The van der Waals surface area contributed by atoms with E-state index in [4.69, 9.17) is 19.1 Å². The van der Waals surface area contributed by atoms with E-state index in [9.17, 15) is 29.3 Å². The summed E-state index contributed by atoms with van der Waals surface area (Å²) >= 11 is 0. The van der Waals surface area contributed by atoms with Crippen LogP contribution in [0.2, 0.25) is 0 Å². The Kier molecular flexibility index (Phi) is 35.1. The van der Waals surface area contributed by atoms with E-state index in [1.165, 1.54) is 44.9 Å². The maximum Gasteiger partial charge on any atom is 0.472 e. The van der Waals surface area contributed by atoms with E-state index in [1.54, 1.807) is 0 Å². The van der Waals surface area contributed by atoms with Crippen molar-refractivity contribution in [3.05, 3.63) is 48.6 Å². The third-order valence-corrected chi connectivity index (χ3v) is 9.44. The minimum absolute atomic E-state index is 0.0909. The molecule has 0 aliphatic heterocycles. The van der Waals surface area contributed by atoms with Crippen molar-refractivity contribution >= 4 is 19.8 Å². The summed E-state index contributed by atoms with van der Waals surface area (Å²) in [5, 5.41) is 28.1. The number of hydrogen-bond donors (Lipinski definition) is 4. The maximum atomic E-state index is 12.6. The van der Waals surface area contributed by atoms with Crippen molar-refractivity contribution in [3.63, 3.8) is 0 Å². The van der Waals surface area contributed by atoms with Crippen LogP contribution in [0.25, 0.3) is 0 Å². The molecule has 54 heavy (non-hydrogen) atoms. The first-order valence-corrected chi connectivity index (χ1v) is 22.0. The van der Waals surface area contributed by atoms with Gasteiger partial charge in [-0.25, -0.2) is 4.57 Å². The molecule has 0 bridgehead atoms. The summed E-state index contributed by atoms with van der Waals surface area (Å²) < 4.78 is 32.6. The van der Waals surface area contributed by atoms with Gasteiger partial charge in [-0.1, -0.05) is 146 Å². The van der Waals surface area contributed by atoms with Crippen molar-refractivity contribution in [2.75, 3.05) is 26.4 Å². The number of unbranched alkanes of at least 4 members (excludes halogenated alkanes) is 11. The molecule has 4 atom stereocenters. The van der Waals surface area contributed by atoms with Gasteiger partial charge < -0.3 is 29.7 Å². The van der Waals surface area contributed by atoms with Crippen molar-refractivity contribution < 1.29 is 52.9 Å². The molecule has 0 aromatic carbocycles. The average molecular weight is 787 g/mol. The van der Waals surface area contributed by atoms with Gasteiger partial charge in [0.2, 0.25) is 0 Å². The van der Waals surface area contributed by atoms with Crippen LogP contribution < -0.4 is 0 Å². The maximum absolute atomic E-state index is 12.6. The zero-order valence-electron chi connectivity index (χ0n) is 33.7. The number of aliphatic hydroxyl groups is 3. The van der Waals surface area contributed by atoms with Gasteiger partial charge in [-0.2, -0.15) is 0 Å². The third-order valence-electron chi connectivity index (χ3n) is 8.48. The van der Waals surface area contributed by atoms with Crippen LogP contribution in [-0.4, -0.2) is 76.9 Å². The predicted molar refractivity (Wildman–Crippen MR) is 216 cm³/mol.